The second kappa shape index (κ2) is 4.94. The lowest BCUT2D eigenvalue weighted by molar-refractivity contribution is 0.0955. The van der Waals surface area contributed by atoms with E-state index in [1.165, 1.54) is 0 Å². The minimum absolute atomic E-state index is 0.0804. The van der Waals surface area contributed by atoms with Crippen LogP contribution in [0, 0.1) is 6.92 Å². The van der Waals surface area contributed by atoms with Crippen molar-refractivity contribution < 1.29 is 9.53 Å². The highest BCUT2D eigenvalue weighted by Gasteiger charge is 2.12. The zero-order valence-electron chi connectivity index (χ0n) is 9.70. The lowest BCUT2D eigenvalue weighted by atomic mass is 10.1. The van der Waals surface area contributed by atoms with Gasteiger partial charge in [-0.25, -0.2) is 0 Å². The van der Waals surface area contributed by atoms with Crippen molar-refractivity contribution in [3.63, 3.8) is 0 Å². The number of benzene rings is 1. The first-order valence-electron chi connectivity index (χ1n) is 4.87. The molecule has 0 aliphatic rings. The van der Waals surface area contributed by atoms with Gasteiger partial charge in [0.1, 0.15) is 5.75 Å². The summed E-state index contributed by atoms with van der Waals surface area (Å²) in [6, 6.07) is 5.62. The zero-order valence-corrected chi connectivity index (χ0v) is 9.70. The lowest BCUT2D eigenvalue weighted by Crippen LogP contribution is -2.22. The molecule has 0 N–H and O–H groups in total. The van der Waals surface area contributed by atoms with Crippen LogP contribution in [0.2, 0.25) is 0 Å². The second-order valence-electron chi connectivity index (χ2n) is 3.86. The number of likely N-dealkylation sites (N-methyl/N-ethyl adjacent to an activating group) is 1. The summed E-state index contributed by atoms with van der Waals surface area (Å²) in [4.78, 5) is 13.7. The predicted molar refractivity (Wildman–Crippen MR) is 60.6 cm³/mol. The van der Waals surface area contributed by atoms with Gasteiger partial charge in [0.2, 0.25) is 0 Å². The average Bonchev–Trinajstić information content (AvgIpc) is 2.16. The standard InChI is InChI=1S/C12H17NO2/c1-9-5-6-10(12(7-9)15-4)11(14)8-13(2)3/h5-7H,8H2,1-4H3. The van der Waals surface area contributed by atoms with Gasteiger partial charge in [-0.05, 0) is 38.7 Å². The van der Waals surface area contributed by atoms with Crippen LogP contribution in [0.4, 0.5) is 0 Å². The van der Waals surface area contributed by atoms with Crippen LogP contribution in [-0.4, -0.2) is 38.4 Å². The van der Waals surface area contributed by atoms with Crippen molar-refractivity contribution in [3.05, 3.63) is 29.3 Å². The van der Waals surface area contributed by atoms with Gasteiger partial charge in [-0.2, -0.15) is 0 Å². The van der Waals surface area contributed by atoms with Crippen LogP contribution in [0.15, 0.2) is 18.2 Å². The van der Waals surface area contributed by atoms with E-state index in [2.05, 4.69) is 0 Å². The third-order valence-electron chi connectivity index (χ3n) is 2.12. The molecule has 0 fully saturated rings. The van der Waals surface area contributed by atoms with Gasteiger partial charge in [0, 0.05) is 0 Å². The molecule has 1 rings (SSSR count). The summed E-state index contributed by atoms with van der Waals surface area (Å²) in [5, 5.41) is 0. The van der Waals surface area contributed by atoms with Gasteiger partial charge in [0.25, 0.3) is 0 Å². The number of methoxy groups -OCH3 is 1. The maximum Gasteiger partial charge on any atom is 0.180 e. The highest BCUT2D eigenvalue weighted by atomic mass is 16.5. The lowest BCUT2D eigenvalue weighted by Gasteiger charge is -2.11. The van der Waals surface area contributed by atoms with Crippen LogP contribution in [0.3, 0.4) is 0 Å². The first-order valence-corrected chi connectivity index (χ1v) is 4.87. The maximum atomic E-state index is 11.8. The van der Waals surface area contributed by atoms with Gasteiger partial charge < -0.3 is 9.64 Å². The Labute approximate surface area is 90.7 Å². The number of hydrogen-bond acceptors (Lipinski definition) is 3. The monoisotopic (exact) mass is 207 g/mol. The number of aryl methyl sites for hydroxylation is 1. The molecule has 0 bridgehead atoms. The van der Waals surface area contributed by atoms with Crippen LogP contribution in [0.5, 0.6) is 5.75 Å². The second-order valence-corrected chi connectivity index (χ2v) is 3.86. The third-order valence-corrected chi connectivity index (χ3v) is 2.12. The number of nitrogens with zero attached hydrogens (tertiary/aromatic N) is 1. The van der Waals surface area contributed by atoms with Gasteiger partial charge in [-0.15, -0.1) is 0 Å². The Balaban J connectivity index is 2.97. The van der Waals surface area contributed by atoms with Crippen molar-refractivity contribution >= 4 is 5.78 Å². The SMILES string of the molecule is COc1cc(C)ccc1C(=O)CN(C)C. The van der Waals surface area contributed by atoms with E-state index >= 15 is 0 Å². The van der Waals surface area contributed by atoms with E-state index in [1.807, 2.05) is 44.1 Å². The predicted octanol–water partition coefficient (Wildman–Crippen LogP) is 1.75. The third kappa shape index (κ3) is 3.06. The Kier molecular flexibility index (Phi) is 3.86. The minimum Gasteiger partial charge on any atom is -0.496 e. The molecule has 0 aromatic heterocycles. The van der Waals surface area contributed by atoms with E-state index in [0.717, 1.165) is 5.56 Å². The topological polar surface area (TPSA) is 29.5 Å². The number of Topliss-reactive ketones (excluding diaryl/α,β-unsaturated/α-hetero) is 1. The fourth-order valence-electron chi connectivity index (χ4n) is 1.40. The summed E-state index contributed by atoms with van der Waals surface area (Å²) in [6.07, 6.45) is 0. The molecular formula is C12H17NO2. The molecule has 3 heteroatoms. The Hall–Kier alpha value is -1.35. The first-order chi connectivity index (χ1) is 7.04. The fraction of sp³-hybridized carbons (Fsp3) is 0.417. The molecule has 0 aliphatic carbocycles. The van der Waals surface area contributed by atoms with Gasteiger partial charge in [-0.1, -0.05) is 6.07 Å². The van der Waals surface area contributed by atoms with Gasteiger partial charge in [-0.3, -0.25) is 4.79 Å². The van der Waals surface area contributed by atoms with Gasteiger partial charge in [0.05, 0.1) is 19.2 Å². The van der Waals surface area contributed by atoms with Crippen LogP contribution in [-0.2, 0) is 0 Å². The van der Waals surface area contributed by atoms with Crippen LogP contribution < -0.4 is 4.74 Å². The molecule has 3 nitrogen and oxygen atoms in total. The summed E-state index contributed by atoms with van der Waals surface area (Å²) >= 11 is 0. The van der Waals surface area contributed by atoms with E-state index in [1.54, 1.807) is 7.11 Å². The molecule has 0 saturated carbocycles. The molecule has 82 valence electrons. The normalized spacial score (nSPS) is 10.5. The van der Waals surface area contributed by atoms with Crippen molar-refractivity contribution in [3.8, 4) is 5.75 Å². The van der Waals surface area contributed by atoms with E-state index in [9.17, 15) is 4.79 Å². The summed E-state index contributed by atoms with van der Waals surface area (Å²) in [7, 11) is 5.33. The van der Waals surface area contributed by atoms with Crippen molar-refractivity contribution in [2.45, 2.75) is 6.92 Å². The van der Waals surface area contributed by atoms with Crippen molar-refractivity contribution in [2.75, 3.05) is 27.7 Å². The highest BCUT2D eigenvalue weighted by molar-refractivity contribution is 6.00. The van der Waals surface area contributed by atoms with Crippen molar-refractivity contribution in [1.82, 2.24) is 4.90 Å². The number of ether oxygens (including phenoxy) is 1. The fourth-order valence-corrected chi connectivity index (χ4v) is 1.40. The largest absolute Gasteiger partial charge is 0.496 e. The van der Waals surface area contributed by atoms with Gasteiger partial charge >= 0.3 is 0 Å². The van der Waals surface area contributed by atoms with E-state index < -0.39 is 0 Å². The van der Waals surface area contributed by atoms with Crippen LogP contribution >= 0.6 is 0 Å². The number of carbonyl (C=O) groups excluding carboxylic acids is 1. The highest BCUT2D eigenvalue weighted by Crippen LogP contribution is 2.20. The minimum atomic E-state index is 0.0804. The van der Waals surface area contributed by atoms with E-state index in [-0.39, 0.29) is 5.78 Å². The van der Waals surface area contributed by atoms with Crippen molar-refractivity contribution in [2.24, 2.45) is 0 Å². The number of ketones is 1. The summed E-state index contributed by atoms with van der Waals surface area (Å²) < 4.78 is 5.19. The first kappa shape index (κ1) is 11.7. The maximum absolute atomic E-state index is 11.8. The van der Waals surface area contributed by atoms with E-state index in [4.69, 9.17) is 4.74 Å². The molecule has 0 amide bonds. The average molecular weight is 207 g/mol. The van der Waals surface area contributed by atoms with E-state index in [0.29, 0.717) is 17.9 Å². The quantitative estimate of drug-likeness (QED) is 0.704. The number of rotatable bonds is 4. The van der Waals surface area contributed by atoms with Crippen LogP contribution in [0.25, 0.3) is 0 Å². The van der Waals surface area contributed by atoms with Gasteiger partial charge in [0.15, 0.2) is 5.78 Å². The Morgan fingerprint density at radius 2 is 2.07 bits per heavy atom. The molecule has 1 aromatic rings. The summed E-state index contributed by atoms with van der Waals surface area (Å²) in [5.41, 5.74) is 1.74. The molecule has 0 heterocycles. The molecule has 0 saturated heterocycles. The molecule has 0 atom stereocenters. The number of hydrogen-bond donors (Lipinski definition) is 0. The summed E-state index contributed by atoms with van der Waals surface area (Å²) in [5.74, 6) is 0.735. The molecule has 15 heavy (non-hydrogen) atoms. The zero-order chi connectivity index (χ0) is 11.4. The van der Waals surface area contributed by atoms with Crippen molar-refractivity contribution in [1.29, 1.82) is 0 Å². The van der Waals surface area contributed by atoms with Crippen LogP contribution in [0.1, 0.15) is 15.9 Å². The Morgan fingerprint density at radius 1 is 1.40 bits per heavy atom. The Bertz CT molecular complexity index is 359. The Morgan fingerprint density at radius 3 is 2.60 bits per heavy atom. The molecule has 0 spiro atoms. The molecule has 0 unspecified atom stereocenters. The molecule has 1 aromatic carbocycles. The molecule has 0 aliphatic heterocycles. The number of carbonyl (C=O) groups is 1. The smallest absolute Gasteiger partial charge is 0.180 e. The molecule has 0 radical (unpaired) electrons. The molecular weight excluding hydrogens is 190 g/mol. The summed E-state index contributed by atoms with van der Waals surface area (Å²) in [6.45, 7) is 2.38.